The fraction of sp³-hybridized carbons (Fsp3) is 0.625. The molecule has 4 nitrogen and oxygen atoms in total. The third kappa shape index (κ3) is 1.43. The summed E-state index contributed by atoms with van der Waals surface area (Å²) in [6.07, 6.45) is 7.16. The second-order valence-electron chi connectivity index (χ2n) is 3.07. The topological polar surface area (TPSA) is 53.1 Å². The van der Waals surface area contributed by atoms with Crippen LogP contribution in [0.4, 0.5) is 5.82 Å². The summed E-state index contributed by atoms with van der Waals surface area (Å²) in [4.78, 5) is 3.95. The molecule has 66 valence electrons. The molecule has 1 aromatic heterocycles. The Balaban J connectivity index is 2.08. The molecular formula is C8H13N3O. The van der Waals surface area contributed by atoms with E-state index in [2.05, 4.69) is 4.98 Å². The largest absolute Gasteiger partial charge is 0.382 e. The molecule has 1 atom stereocenters. The second kappa shape index (κ2) is 3.15. The van der Waals surface area contributed by atoms with Gasteiger partial charge in [-0.05, 0) is 19.3 Å². The van der Waals surface area contributed by atoms with Crippen molar-refractivity contribution in [1.29, 1.82) is 0 Å². The average molecular weight is 167 g/mol. The van der Waals surface area contributed by atoms with E-state index in [4.69, 9.17) is 10.5 Å². The van der Waals surface area contributed by atoms with E-state index in [9.17, 15) is 0 Å². The van der Waals surface area contributed by atoms with Crippen LogP contribution in [0.1, 0.15) is 25.5 Å². The standard InChI is InChI=1S/C8H13N3O/c9-7-5-11(6-10-7)8-3-1-2-4-12-8/h5-6,8H,1-4,9H2. The minimum absolute atomic E-state index is 0.156. The molecule has 0 radical (unpaired) electrons. The van der Waals surface area contributed by atoms with Crippen molar-refractivity contribution in [3.05, 3.63) is 12.5 Å². The van der Waals surface area contributed by atoms with E-state index in [0.717, 1.165) is 13.0 Å². The van der Waals surface area contributed by atoms with Crippen LogP contribution >= 0.6 is 0 Å². The molecule has 0 spiro atoms. The number of ether oxygens (including phenoxy) is 1. The second-order valence-corrected chi connectivity index (χ2v) is 3.07. The highest BCUT2D eigenvalue weighted by Gasteiger charge is 2.14. The molecule has 2 N–H and O–H groups in total. The predicted octanol–water partition coefficient (Wildman–Crippen LogP) is 1.16. The average Bonchev–Trinajstić information content (AvgIpc) is 2.54. The van der Waals surface area contributed by atoms with Crippen LogP contribution in [-0.4, -0.2) is 16.2 Å². The van der Waals surface area contributed by atoms with E-state index in [0.29, 0.717) is 5.82 Å². The molecule has 2 rings (SSSR count). The van der Waals surface area contributed by atoms with Gasteiger partial charge in [0.05, 0.1) is 6.33 Å². The van der Waals surface area contributed by atoms with Crippen molar-refractivity contribution < 1.29 is 4.74 Å². The third-order valence-electron chi connectivity index (χ3n) is 2.11. The molecule has 1 aliphatic heterocycles. The van der Waals surface area contributed by atoms with Gasteiger partial charge in [0.25, 0.3) is 0 Å². The summed E-state index contributed by atoms with van der Waals surface area (Å²) in [5.74, 6) is 0.559. The lowest BCUT2D eigenvalue weighted by atomic mass is 10.2. The van der Waals surface area contributed by atoms with Gasteiger partial charge in [-0.3, -0.25) is 0 Å². The number of nitrogens with two attached hydrogens (primary N) is 1. The third-order valence-corrected chi connectivity index (χ3v) is 2.11. The number of anilines is 1. The van der Waals surface area contributed by atoms with Crippen molar-refractivity contribution in [2.45, 2.75) is 25.5 Å². The van der Waals surface area contributed by atoms with Gasteiger partial charge in [-0.1, -0.05) is 0 Å². The molecule has 12 heavy (non-hydrogen) atoms. The summed E-state index contributed by atoms with van der Waals surface area (Å²) in [6, 6.07) is 0. The zero-order valence-electron chi connectivity index (χ0n) is 6.94. The maximum Gasteiger partial charge on any atom is 0.141 e. The molecule has 0 aliphatic carbocycles. The van der Waals surface area contributed by atoms with Crippen molar-refractivity contribution in [1.82, 2.24) is 9.55 Å². The zero-order chi connectivity index (χ0) is 8.39. The van der Waals surface area contributed by atoms with Crippen LogP contribution in [0.15, 0.2) is 12.5 Å². The first-order valence-electron chi connectivity index (χ1n) is 4.27. The lowest BCUT2D eigenvalue weighted by Gasteiger charge is -2.23. The highest BCUT2D eigenvalue weighted by molar-refractivity contribution is 5.22. The Morgan fingerprint density at radius 2 is 2.50 bits per heavy atom. The molecule has 2 heterocycles. The minimum atomic E-state index is 0.156. The Kier molecular flexibility index (Phi) is 1.99. The molecule has 1 fully saturated rings. The summed E-state index contributed by atoms with van der Waals surface area (Å²) < 4.78 is 7.48. The van der Waals surface area contributed by atoms with Gasteiger partial charge in [-0.15, -0.1) is 0 Å². The van der Waals surface area contributed by atoms with Crippen LogP contribution in [0.3, 0.4) is 0 Å². The first-order valence-corrected chi connectivity index (χ1v) is 4.27. The number of rotatable bonds is 1. The van der Waals surface area contributed by atoms with Crippen molar-refractivity contribution in [3.63, 3.8) is 0 Å². The maximum atomic E-state index is 5.54. The van der Waals surface area contributed by atoms with Crippen LogP contribution < -0.4 is 5.73 Å². The molecule has 1 aromatic rings. The molecule has 4 heteroatoms. The van der Waals surface area contributed by atoms with E-state index >= 15 is 0 Å². The number of hydrogen-bond donors (Lipinski definition) is 1. The molecule has 1 unspecified atom stereocenters. The SMILES string of the molecule is Nc1cn(C2CCCCO2)cn1. The number of nitrogens with zero attached hydrogens (tertiary/aromatic N) is 2. The van der Waals surface area contributed by atoms with Gasteiger partial charge in [-0.25, -0.2) is 4.98 Å². The molecule has 0 saturated carbocycles. The van der Waals surface area contributed by atoms with Gasteiger partial charge < -0.3 is 15.0 Å². The minimum Gasteiger partial charge on any atom is -0.382 e. The molecule has 1 saturated heterocycles. The van der Waals surface area contributed by atoms with Crippen molar-refractivity contribution in [2.75, 3.05) is 12.3 Å². The van der Waals surface area contributed by atoms with Crippen molar-refractivity contribution >= 4 is 5.82 Å². The highest BCUT2D eigenvalue weighted by atomic mass is 16.5. The summed E-state index contributed by atoms with van der Waals surface area (Å²) in [7, 11) is 0. The summed E-state index contributed by atoms with van der Waals surface area (Å²) in [5, 5.41) is 0. The zero-order valence-corrected chi connectivity index (χ0v) is 6.94. The van der Waals surface area contributed by atoms with E-state index in [1.54, 1.807) is 6.33 Å². The van der Waals surface area contributed by atoms with Crippen LogP contribution in [0.5, 0.6) is 0 Å². The smallest absolute Gasteiger partial charge is 0.141 e. The lowest BCUT2D eigenvalue weighted by molar-refractivity contribution is -0.0319. The summed E-state index contributed by atoms with van der Waals surface area (Å²) >= 11 is 0. The van der Waals surface area contributed by atoms with E-state index in [1.165, 1.54) is 12.8 Å². The Hall–Kier alpha value is -1.03. The van der Waals surface area contributed by atoms with Gasteiger partial charge in [0.1, 0.15) is 12.0 Å². The van der Waals surface area contributed by atoms with Crippen LogP contribution in [0.2, 0.25) is 0 Å². The molecule has 0 bridgehead atoms. The normalized spacial score (nSPS) is 24.2. The highest BCUT2D eigenvalue weighted by Crippen LogP contribution is 2.22. The summed E-state index contributed by atoms with van der Waals surface area (Å²) in [5.41, 5.74) is 5.50. The fourth-order valence-corrected chi connectivity index (χ4v) is 1.47. The van der Waals surface area contributed by atoms with E-state index in [-0.39, 0.29) is 6.23 Å². The molecule has 0 amide bonds. The van der Waals surface area contributed by atoms with Crippen LogP contribution in [0.25, 0.3) is 0 Å². The Morgan fingerprint density at radius 3 is 3.08 bits per heavy atom. The summed E-state index contributed by atoms with van der Waals surface area (Å²) in [6.45, 7) is 0.850. The van der Waals surface area contributed by atoms with E-state index in [1.807, 2.05) is 10.8 Å². The Morgan fingerprint density at radius 1 is 1.58 bits per heavy atom. The van der Waals surface area contributed by atoms with Gasteiger partial charge in [0.15, 0.2) is 0 Å². The van der Waals surface area contributed by atoms with Crippen LogP contribution in [-0.2, 0) is 4.74 Å². The first-order chi connectivity index (χ1) is 5.86. The van der Waals surface area contributed by atoms with Crippen molar-refractivity contribution in [3.8, 4) is 0 Å². The monoisotopic (exact) mass is 167 g/mol. The van der Waals surface area contributed by atoms with Gasteiger partial charge in [0.2, 0.25) is 0 Å². The van der Waals surface area contributed by atoms with Gasteiger partial charge in [0, 0.05) is 12.8 Å². The molecule has 1 aliphatic rings. The Labute approximate surface area is 71.3 Å². The predicted molar refractivity (Wildman–Crippen MR) is 45.5 cm³/mol. The molecular weight excluding hydrogens is 154 g/mol. The van der Waals surface area contributed by atoms with Crippen molar-refractivity contribution in [2.24, 2.45) is 0 Å². The first kappa shape index (κ1) is 7.61. The fourth-order valence-electron chi connectivity index (χ4n) is 1.47. The quantitative estimate of drug-likeness (QED) is 0.683. The number of hydrogen-bond acceptors (Lipinski definition) is 3. The number of nitrogen functional groups attached to an aromatic ring is 1. The Bertz CT molecular complexity index is 253. The number of imidazole rings is 1. The van der Waals surface area contributed by atoms with E-state index < -0.39 is 0 Å². The van der Waals surface area contributed by atoms with Gasteiger partial charge in [-0.2, -0.15) is 0 Å². The molecule has 0 aromatic carbocycles. The maximum absolute atomic E-state index is 5.54. The number of aromatic nitrogens is 2. The van der Waals surface area contributed by atoms with Gasteiger partial charge >= 0.3 is 0 Å². The van der Waals surface area contributed by atoms with Crippen LogP contribution in [0, 0.1) is 0 Å². The lowest BCUT2D eigenvalue weighted by Crippen LogP contribution is -2.16.